The standard InChI is InChI=1S/C15H15N/c1-3-13-9-7-8-12-15(13)16(2)14-10-5-4-6-11-14/h3-12H,1H2,2H3. The molecular weight excluding hydrogens is 194 g/mol. The van der Waals surface area contributed by atoms with Crippen molar-refractivity contribution in [3.63, 3.8) is 0 Å². The summed E-state index contributed by atoms with van der Waals surface area (Å²) in [6.45, 7) is 3.84. The molecule has 80 valence electrons. The predicted molar refractivity (Wildman–Crippen MR) is 71.0 cm³/mol. The van der Waals surface area contributed by atoms with E-state index in [4.69, 9.17) is 0 Å². The van der Waals surface area contributed by atoms with Gasteiger partial charge in [0.15, 0.2) is 0 Å². The van der Waals surface area contributed by atoms with Crippen LogP contribution in [0.25, 0.3) is 6.08 Å². The van der Waals surface area contributed by atoms with Gasteiger partial charge in [0.25, 0.3) is 0 Å². The number of rotatable bonds is 3. The lowest BCUT2D eigenvalue weighted by molar-refractivity contribution is 1.20. The van der Waals surface area contributed by atoms with Crippen molar-refractivity contribution in [2.75, 3.05) is 11.9 Å². The van der Waals surface area contributed by atoms with E-state index in [1.165, 1.54) is 11.4 Å². The Kier molecular flexibility index (Phi) is 3.06. The number of hydrogen-bond donors (Lipinski definition) is 0. The van der Waals surface area contributed by atoms with Crippen LogP contribution < -0.4 is 4.90 Å². The zero-order valence-corrected chi connectivity index (χ0v) is 9.43. The first-order valence-corrected chi connectivity index (χ1v) is 5.33. The quantitative estimate of drug-likeness (QED) is 0.735. The SMILES string of the molecule is C=Cc1ccccc1N(C)c1ccccc1. The molecule has 0 N–H and O–H groups in total. The van der Waals surface area contributed by atoms with Crippen LogP contribution in [0.3, 0.4) is 0 Å². The molecule has 16 heavy (non-hydrogen) atoms. The van der Waals surface area contributed by atoms with Crippen LogP contribution in [0.15, 0.2) is 61.2 Å². The fraction of sp³-hybridized carbons (Fsp3) is 0.0667. The van der Waals surface area contributed by atoms with E-state index in [2.05, 4.69) is 42.8 Å². The molecule has 0 aliphatic heterocycles. The molecule has 2 rings (SSSR count). The molecule has 0 radical (unpaired) electrons. The molecule has 0 fully saturated rings. The van der Waals surface area contributed by atoms with Gasteiger partial charge in [0.05, 0.1) is 0 Å². The third kappa shape index (κ3) is 1.98. The summed E-state index contributed by atoms with van der Waals surface area (Å²) >= 11 is 0. The van der Waals surface area contributed by atoms with Gasteiger partial charge in [-0.3, -0.25) is 0 Å². The van der Waals surface area contributed by atoms with Crippen molar-refractivity contribution in [3.8, 4) is 0 Å². The number of anilines is 2. The molecule has 0 atom stereocenters. The Bertz CT molecular complexity index is 474. The summed E-state index contributed by atoms with van der Waals surface area (Å²) in [4.78, 5) is 2.16. The number of benzene rings is 2. The maximum atomic E-state index is 3.84. The highest BCUT2D eigenvalue weighted by molar-refractivity contribution is 5.72. The van der Waals surface area contributed by atoms with Gasteiger partial charge in [-0.1, -0.05) is 49.1 Å². The van der Waals surface area contributed by atoms with Crippen LogP contribution in [0, 0.1) is 0 Å². The predicted octanol–water partition coefficient (Wildman–Crippen LogP) is 4.10. The second kappa shape index (κ2) is 4.67. The average molecular weight is 209 g/mol. The number of hydrogen-bond acceptors (Lipinski definition) is 1. The van der Waals surface area contributed by atoms with E-state index < -0.39 is 0 Å². The normalized spacial score (nSPS) is 9.81. The summed E-state index contributed by atoms with van der Waals surface area (Å²) in [6.07, 6.45) is 1.88. The lowest BCUT2D eigenvalue weighted by Gasteiger charge is -2.21. The van der Waals surface area contributed by atoms with Gasteiger partial charge in [0.1, 0.15) is 0 Å². The van der Waals surface area contributed by atoms with Crippen LogP contribution in [0.1, 0.15) is 5.56 Å². The maximum Gasteiger partial charge on any atom is 0.0481 e. The molecule has 0 aromatic heterocycles. The van der Waals surface area contributed by atoms with Gasteiger partial charge in [-0.05, 0) is 23.8 Å². The molecule has 0 aliphatic rings. The molecule has 1 nitrogen and oxygen atoms in total. The monoisotopic (exact) mass is 209 g/mol. The molecule has 0 spiro atoms. The highest BCUT2D eigenvalue weighted by Gasteiger charge is 2.05. The Morgan fingerprint density at radius 3 is 2.25 bits per heavy atom. The second-order valence-electron chi connectivity index (χ2n) is 3.66. The van der Waals surface area contributed by atoms with Gasteiger partial charge in [0.2, 0.25) is 0 Å². The molecule has 2 aromatic carbocycles. The zero-order chi connectivity index (χ0) is 11.4. The summed E-state index contributed by atoms with van der Waals surface area (Å²) in [6, 6.07) is 18.5. The third-order valence-electron chi connectivity index (χ3n) is 2.66. The highest BCUT2D eigenvalue weighted by Crippen LogP contribution is 2.27. The summed E-state index contributed by atoms with van der Waals surface area (Å²) in [5.74, 6) is 0. The lowest BCUT2D eigenvalue weighted by Crippen LogP contribution is -2.10. The van der Waals surface area contributed by atoms with Crippen molar-refractivity contribution in [2.45, 2.75) is 0 Å². The molecular formula is C15H15N. The van der Waals surface area contributed by atoms with E-state index in [0.29, 0.717) is 0 Å². The zero-order valence-electron chi connectivity index (χ0n) is 9.43. The smallest absolute Gasteiger partial charge is 0.0481 e. The van der Waals surface area contributed by atoms with Crippen molar-refractivity contribution in [2.24, 2.45) is 0 Å². The minimum Gasteiger partial charge on any atom is -0.344 e. The molecule has 0 aliphatic carbocycles. The van der Waals surface area contributed by atoms with E-state index in [0.717, 1.165) is 5.56 Å². The Balaban J connectivity index is 2.41. The van der Waals surface area contributed by atoms with Crippen molar-refractivity contribution in [1.29, 1.82) is 0 Å². The Labute approximate surface area is 96.7 Å². The fourth-order valence-electron chi connectivity index (χ4n) is 1.76. The van der Waals surface area contributed by atoms with E-state index in [-0.39, 0.29) is 0 Å². The molecule has 0 saturated heterocycles. The van der Waals surface area contributed by atoms with E-state index in [1.807, 2.05) is 36.4 Å². The van der Waals surface area contributed by atoms with E-state index in [1.54, 1.807) is 0 Å². The fourth-order valence-corrected chi connectivity index (χ4v) is 1.76. The van der Waals surface area contributed by atoms with Crippen LogP contribution in [-0.4, -0.2) is 7.05 Å². The van der Waals surface area contributed by atoms with Crippen molar-refractivity contribution < 1.29 is 0 Å². The summed E-state index contributed by atoms with van der Waals surface area (Å²) < 4.78 is 0. The van der Waals surface area contributed by atoms with Gasteiger partial charge in [-0.2, -0.15) is 0 Å². The van der Waals surface area contributed by atoms with Crippen LogP contribution in [0.5, 0.6) is 0 Å². The van der Waals surface area contributed by atoms with Crippen LogP contribution >= 0.6 is 0 Å². The van der Waals surface area contributed by atoms with Gasteiger partial charge in [0, 0.05) is 18.4 Å². The highest BCUT2D eigenvalue weighted by atomic mass is 15.1. The lowest BCUT2D eigenvalue weighted by atomic mass is 10.1. The summed E-state index contributed by atoms with van der Waals surface area (Å²) in [5.41, 5.74) is 3.49. The summed E-state index contributed by atoms with van der Waals surface area (Å²) in [7, 11) is 2.07. The topological polar surface area (TPSA) is 3.24 Å². The minimum atomic E-state index is 1.15. The number of nitrogens with zero attached hydrogens (tertiary/aromatic N) is 1. The van der Waals surface area contributed by atoms with Crippen LogP contribution in [-0.2, 0) is 0 Å². The van der Waals surface area contributed by atoms with Crippen molar-refractivity contribution >= 4 is 17.5 Å². The molecule has 1 heteroatoms. The van der Waals surface area contributed by atoms with Gasteiger partial charge in [-0.15, -0.1) is 0 Å². The van der Waals surface area contributed by atoms with E-state index >= 15 is 0 Å². The largest absolute Gasteiger partial charge is 0.344 e. The summed E-state index contributed by atoms with van der Waals surface area (Å²) in [5, 5.41) is 0. The first kappa shape index (κ1) is 10.5. The molecule has 0 saturated carbocycles. The average Bonchev–Trinajstić information content (AvgIpc) is 2.39. The van der Waals surface area contributed by atoms with Gasteiger partial charge in [-0.25, -0.2) is 0 Å². The Morgan fingerprint density at radius 1 is 0.938 bits per heavy atom. The minimum absolute atomic E-state index is 1.15. The number of para-hydroxylation sites is 2. The van der Waals surface area contributed by atoms with Crippen molar-refractivity contribution in [3.05, 3.63) is 66.7 Å². The van der Waals surface area contributed by atoms with Gasteiger partial charge >= 0.3 is 0 Å². The third-order valence-corrected chi connectivity index (χ3v) is 2.66. The van der Waals surface area contributed by atoms with Crippen LogP contribution in [0.4, 0.5) is 11.4 Å². The van der Waals surface area contributed by atoms with Crippen LogP contribution in [0.2, 0.25) is 0 Å². The first-order valence-electron chi connectivity index (χ1n) is 5.33. The Hall–Kier alpha value is -2.02. The molecule has 0 heterocycles. The van der Waals surface area contributed by atoms with E-state index in [9.17, 15) is 0 Å². The Morgan fingerprint density at radius 2 is 1.56 bits per heavy atom. The maximum absolute atomic E-state index is 3.84. The molecule has 0 unspecified atom stereocenters. The molecule has 0 bridgehead atoms. The molecule has 0 amide bonds. The van der Waals surface area contributed by atoms with Gasteiger partial charge < -0.3 is 4.90 Å². The first-order chi connectivity index (χ1) is 7.83. The molecule has 2 aromatic rings. The second-order valence-corrected chi connectivity index (χ2v) is 3.66. The van der Waals surface area contributed by atoms with Crippen molar-refractivity contribution in [1.82, 2.24) is 0 Å².